The smallest absolute Gasteiger partial charge is 0.166 e. The second-order valence-corrected chi connectivity index (χ2v) is 5.49. The molecule has 94 valence electrons. The molecule has 0 aromatic carbocycles. The van der Waals surface area contributed by atoms with E-state index >= 15 is 0 Å². The van der Waals surface area contributed by atoms with E-state index in [-0.39, 0.29) is 11.8 Å². The zero-order valence-electron chi connectivity index (χ0n) is 9.84. The summed E-state index contributed by atoms with van der Waals surface area (Å²) >= 11 is 6.00. The molecule has 4 rings (SSSR count). The van der Waals surface area contributed by atoms with Crippen LogP contribution in [0.3, 0.4) is 0 Å². The van der Waals surface area contributed by atoms with Crippen molar-refractivity contribution in [3.05, 3.63) is 17.8 Å². The third-order valence-electron chi connectivity index (χ3n) is 4.12. The molecule has 0 N–H and O–H groups in total. The zero-order chi connectivity index (χ0) is 12.2. The van der Waals surface area contributed by atoms with E-state index in [0.29, 0.717) is 10.7 Å². The van der Waals surface area contributed by atoms with Crippen LogP contribution in [0.4, 0.5) is 0 Å². The molecular weight excluding hydrogens is 252 g/mol. The summed E-state index contributed by atoms with van der Waals surface area (Å²) < 4.78 is 8.18. The summed E-state index contributed by atoms with van der Waals surface area (Å²) in [5.74, 6) is 0. The molecular formula is C12H13ClN4O. The number of hydrogen-bond acceptors (Lipinski definition) is 4. The number of halogens is 1. The minimum Gasteiger partial charge on any atom is -0.351 e. The van der Waals surface area contributed by atoms with E-state index in [0.717, 1.165) is 18.5 Å². The first-order chi connectivity index (χ1) is 8.77. The third-order valence-corrected chi connectivity index (χ3v) is 4.40. The maximum Gasteiger partial charge on any atom is 0.166 e. The van der Waals surface area contributed by atoms with Gasteiger partial charge in [-0.3, -0.25) is 4.57 Å². The van der Waals surface area contributed by atoms with E-state index in [1.807, 2.05) is 4.57 Å². The van der Waals surface area contributed by atoms with Crippen LogP contribution in [-0.2, 0) is 4.74 Å². The second kappa shape index (κ2) is 3.65. The average Bonchev–Trinajstić information content (AvgIpc) is 2.91. The van der Waals surface area contributed by atoms with Crippen LogP contribution in [0.1, 0.15) is 38.3 Å². The highest BCUT2D eigenvalue weighted by Crippen LogP contribution is 2.49. The molecule has 3 heterocycles. The van der Waals surface area contributed by atoms with Gasteiger partial charge in [-0.25, -0.2) is 15.0 Å². The van der Waals surface area contributed by atoms with Gasteiger partial charge in [-0.2, -0.15) is 0 Å². The van der Waals surface area contributed by atoms with Crippen molar-refractivity contribution in [1.29, 1.82) is 0 Å². The summed E-state index contributed by atoms with van der Waals surface area (Å²) in [6, 6.07) is 0. The van der Waals surface area contributed by atoms with Gasteiger partial charge in [-0.05, 0) is 32.1 Å². The first kappa shape index (κ1) is 10.7. The summed E-state index contributed by atoms with van der Waals surface area (Å²) in [6.45, 7) is 0. The summed E-state index contributed by atoms with van der Waals surface area (Å²) in [5, 5.41) is 0.398. The lowest BCUT2D eigenvalue weighted by molar-refractivity contribution is -0.114. The molecule has 0 amide bonds. The molecule has 2 aromatic heterocycles. The maximum atomic E-state index is 6.20. The molecule has 2 fully saturated rings. The van der Waals surface area contributed by atoms with Crippen molar-refractivity contribution in [3.8, 4) is 0 Å². The van der Waals surface area contributed by atoms with Crippen LogP contribution in [0, 0.1) is 0 Å². The monoisotopic (exact) mass is 264 g/mol. The Morgan fingerprint density at radius 3 is 2.89 bits per heavy atom. The number of nitrogens with zero attached hydrogens (tertiary/aromatic N) is 4. The molecule has 2 aliphatic rings. The van der Waals surface area contributed by atoms with Gasteiger partial charge in [0.15, 0.2) is 10.8 Å². The van der Waals surface area contributed by atoms with E-state index in [1.54, 1.807) is 6.33 Å². The van der Waals surface area contributed by atoms with Crippen LogP contribution in [0.25, 0.3) is 11.2 Å². The van der Waals surface area contributed by atoms with Gasteiger partial charge in [0.05, 0.1) is 11.9 Å². The molecule has 2 aromatic rings. The SMILES string of the molecule is Clc1ncnc2c1ncn2[C@H]1CCC2(CCC2)O1. The molecule has 1 atom stereocenters. The van der Waals surface area contributed by atoms with Crippen LogP contribution >= 0.6 is 11.6 Å². The van der Waals surface area contributed by atoms with Gasteiger partial charge < -0.3 is 4.74 Å². The van der Waals surface area contributed by atoms with Crippen molar-refractivity contribution in [3.63, 3.8) is 0 Å². The van der Waals surface area contributed by atoms with Gasteiger partial charge in [0.25, 0.3) is 0 Å². The van der Waals surface area contributed by atoms with Gasteiger partial charge >= 0.3 is 0 Å². The van der Waals surface area contributed by atoms with Crippen molar-refractivity contribution in [2.45, 2.75) is 43.9 Å². The first-order valence-corrected chi connectivity index (χ1v) is 6.66. The summed E-state index contributed by atoms with van der Waals surface area (Å²) in [7, 11) is 0. The van der Waals surface area contributed by atoms with E-state index in [4.69, 9.17) is 16.3 Å². The van der Waals surface area contributed by atoms with Crippen LogP contribution < -0.4 is 0 Å². The van der Waals surface area contributed by atoms with Gasteiger partial charge in [0.1, 0.15) is 18.1 Å². The summed E-state index contributed by atoms with van der Waals surface area (Å²) in [6.07, 6.45) is 9.08. The molecule has 1 spiro atoms. The van der Waals surface area contributed by atoms with Crippen molar-refractivity contribution in [2.75, 3.05) is 0 Å². The summed E-state index contributed by atoms with van der Waals surface area (Å²) in [5.41, 5.74) is 1.55. The average molecular weight is 265 g/mol. The maximum absolute atomic E-state index is 6.20. The Hall–Kier alpha value is -1.20. The van der Waals surface area contributed by atoms with E-state index < -0.39 is 0 Å². The van der Waals surface area contributed by atoms with Crippen LogP contribution in [0.5, 0.6) is 0 Å². The minimum atomic E-state index is 0.0428. The molecule has 0 bridgehead atoms. The van der Waals surface area contributed by atoms with Gasteiger partial charge in [-0.15, -0.1) is 0 Å². The Morgan fingerprint density at radius 1 is 1.28 bits per heavy atom. The predicted octanol–water partition coefficient (Wildman–Crippen LogP) is 2.71. The Kier molecular flexibility index (Phi) is 2.17. The Balaban J connectivity index is 1.73. The van der Waals surface area contributed by atoms with Crippen molar-refractivity contribution < 1.29 is 4.74 Å². The quantitative estimate of drug-likeness (QED) is 0.743. The molecule has 0 unspecified atom stereocenters. The molecule has 1 aliphatic carbocycles. The Labute approximate surface area is 109 Å². The lowest BCUT2D eigenvalue weighted by Gasteiger charge is -2.37. The van der Waals surface area contributed by atoms with Crippen molar-refractivity contribution >= 4 is 22.8 Å². The Morgan fingerprint density at radius 2 is 2.17 bits per heavy atom. The molecule has 5 nitrogen and oxygen atoms in total. The molecule has 18 heavy (non-hydrogen) atoms. The van der Waals surface area contributed by atoms with Crippen LogP contribution in [0.2, 0.25) is 5.15 Å². The van der Waals surface area contributed by atoms with Gasteiger partial charge in [0.2, 0.25) is 0 Å². The van der Waals surface area contributed by atoms with Crippen molar-refractivity contribution in [1.82, 2.24) is 19.5 Å². The van der Waals surface area contributed by atoms with Crippen LogP contribution in [0.15, 0.2) is 12.7 Å². The minimum absolute atomic E-state index is 0.0428. The lowest BCUT2D eigenvalue weighted by Crippen LogP contribution is -2.36. The van der Waals surface area contributed by atoms with Crippen LogP contribution in [-0.4, -0.2) is 25.1 Å². The highest BCUT2D eigenvalue weighted by Gasteiger charge is 2.45. The topological polar surface area (TPSA) is 52.8 Å². The third kappa shape index (κ3) is 1.40. The summed E-state index contributed by atoms with van der Waals surface area (Å²) in [4.78, 5) is 12.5. The Bertz CT molecular complexity index is 607. The fourth-order valence-electron chi connectivity index (χ4n) is 2.96. The number of rotatable bonds is 1. The van der Waals surface area contributed by atoms with E-state index in [9.17, 15) is 0 Å². The van der Waals surface area contributed by atoms with Gasteiger partial charge in [0, 0.05) is 0 Å². The number of fused-ring (bicyclic) bond motifs is 1. The number of aromatic nitrogens is 4. The number of ether oxygens (including phenoxy) is 1. The van der Waals surface area contributed by atoms with E-state index in [1.165, 1.54) is 25.6 Å². The first-order valence-electron chi connectivity index (χ1n) is 6.28. The normalized spacial score (nSPS) is 25.7. The molecule has 0 radical (unpaired) electrons. The molecule has 1 aliphatic heterocycles. The number of imidazole rings is 1. The molecule has 6 heteroatoms. The predicted molar refractivity (Wildman–Crippen MR) is 66.3 cm³/mol. The highest BCUT2D eigenvalue weighted by molar-refractivity contribution is 6.33. The van der Waals surface area contributed by atoms with E-state index in [2.05, 4.69) is 15.0 Å². The van der Waals surface area contributed by atoms with Gasteiger partial charge in [-0.1, -0.05) is 11.6 Å². The standard InChI is InChI=1S/C12H13ClN4O/c13-10-9-11(15-6-14-10)17(7-16-9)8-2-5-12(18-8)3-1-4-12/h6-8H,1-5H2/t8-/m1/s1. The lowest BCUT2D eigenvalue weighted by atomic mass is 9.78. The zero-order valence-corrected chi connectivity index (χ0v) is 10.6. The fraction of sp³-hybridized carbons (Fsp3) is 0.583. The largest absolute Gasteiger partial charge is 0.351 e. The molecule has 1 saturated carbocycles. The number of hydrogen-bond donors (Lipinski definition) is 0. The van der Waals surface area contributed by atoms with Crippen molar-refractivity contribution in [2.24, 2.45) is 0 Å². The highest BCUT2D eigenvalue weighted by atomic mass is 35.5. The fourth-order valence-corrected chi connectivity index (χ4v) is 3.14. The molecule has 1 saturated heterocycles. The second-order valence-electron chi connectivity index (χ2n) is 5.14.